The number of fused-ring (bicyclic) bond motifs is 2. The lowest BCUT2D eigenvalue weighted by Gasteiger charge is -2.25. The molecule has 4 heterocycles. The molecule has 0 radical (unpaired) electrons. The summed E-state index contributed by atoms with van der Waals surface area (Å²) >= 11 is 1.62. The second-order valence-corrected chi connectivity index (χ2v) is 8.76. The van der Waals surface area contributed by atoms with Crippen LogP contribution in [-0.4, -0.2) is 47.1 Å². The van der Waals surface area contributed by atoms with Crippen LogP contribution in [0.2, 0.25) is 0 Å². The van der Waals surface area contributed by atoms with E-state index in [1.54, 1.807) is 23.5 Å². The number of anilines is 1. The first kappa shape index (κ1) is 18.6. The van der Waals surface area contributed by atoms with E-state index in [1.807, 2.05) is 11.8 Å². The Balaban J connectivity index is 1.32. The number of rotatable bonds is 5. The normalized spacial score (nSPS) is 16.7. The minimum atomic E-state index is -0.223. The Morgan fingerprint density at radius 1 is 1.45 bits per heavy atom. The van der Waals surface area contributed by atoms with E-state index < -0.39 is 0 Å². The quantitative estimate of drug-likeness (QED) is 0.670. The van der Waals surface area contributed by atoms with Crippen molar-refractivity contribution >= 4 is 33.3 Å². The van der Waals surface area contributed by atoms with Crippen LogP contribution in [0.25, 0.3) is 10.9 Å². The SMILES string of the molecule is CCc1c(F)ccc2[nH]c(C(=O)N3CCc4nc(NCC5COC5)sc4C3)cc12. The third kappa shape index (κ3) is 3.40. The first-order chi connectivity index (χ1) is 14.1. The predicted molar refractivity (Wildman–Crippen MR) is 111 cm³/mol. The number of H-pyrrole nitrogens is 1. The van der Waals surface area contributed by atoms with Crippen LogP contribution in [0.5, 0.6) is 0 Å². The molecule has 6 nitrogen and oxygen atoms in total. The second-order valence-electron chi connectivity index (χ2n) is 7.67. The molecule has 29 heavy (non-hydrogen) atoms. The van der Waals surface area contributed by atoms with Crippen LogP contribution in [0.15, 0.2) is 18.2 Å². The molecular weight excluding hydrogens is 391 g/mol. The number of thiazole rings is 1. The van der Waals surface area contributed by atoms with Crippen molar-refractivity contribution in [1.29, 1.82) is 0 Å². The van der Waals surface area contributed by atoms with Crippen molar-refractivity contribution in [2.24, 2.45) is 5.92 Å². The van der Waals surface area contributed by atoms with Crippen molar-refractivity contribution in [3.05, 3.63) is 45.8 Å². The molecule has 2 aliphatic heterocycles. The number of carbonyl (C=O) groups is 1. The van der Waals surface area contributed by atoms with Crippen LogP contribution in [-0.2, 0) is 24.1 Å². The zero-order valence-electron chi connectivity index (χ0n) is 16.3. The van der Waals surface area contributed by atoms with Gasteiger partial charge >= 0.3 is 0 Å². The lowest BCUT2D eigenvalue weighted by atomic mass is 10.1. The van der Waals surface area contributed by atoms with Crippen molar-refractivity contribution in [3.8, 4) is 0 Å². The molecule has 152 valence electrons. The van der Waals surface area contributed by atoms with Crippen molar-refractivity contribution < 1.29 is 13.9 Å². The van der Waals surface area contributed by atoms with E-state index in [-0.39, 0.29) is 11.7 Å². The molecule has 1 fully saturated rings. The van der Waals surface area contributed by atoms with Crippen LogP contribution < -0.4 is 5.32 Å². The number of hydrogen-bond acceptors (Lipinski definition) is 5. The fourth-order valence-electron chi connectivity index (χ4n) is 3.96. The lowest BCUT2D eigenvalue weighted by Crippen LogP contribution is -2.35. The summed E-state index contributed by atoms with van der Waals surface area (Å²) in [6, 6.07) is 4.94. The van der Waals surface area contributed by atoms with E-state index in [4.69, 9.17) is 9.72 Å². The first-order valence-electron chi connectivity index (χ1n) is 10.0. The van der Waals surface area contributed by atoms with Gasteiger partial charge in [-0.25, -0.2) is 9.37 Å². The van der Waals surface area contributed by atoms with Gasteiger partial charge in [-0.1, -0.05) is 18.3 Å². The molecule has 1 saturated heterocycles. The van der Waals surface area contributed by atoms with Gasteiger partial charge in [-0.3, -0.25) is 4.79 Å². The number of aromatic amines is 1. The van der Waals surface area contributed by atoms with Gasteiger partial charge in [0.25, 0.3) is 5.91 Å². The highest BCUT2D eigenvalue weighted by molar-refractivity contribution is 7.15. The average Bonchev–Trinajstić information content (AvgIpc) is 3.29. The van der Waals surface area contributed by atoms with Gasteiger partial charge in [0.1, 0.15) is 11.5 Å². The summed E-state index contributed by atoms with van der Waals surface area (Å²) in [6.45, 7) is 5.62. The number of nitrogens with zero attached hydrogens (tertiary/aromatic N) is 2. The maximum absolute atomic E-state index is 14.1. The van der Waals surface area contributed by atoms with Crippen LogP contribution in [0.1, 0.15) is 33.5 Å². The van der Waals surface area contributed by atoms with Crippen LogP contribution in [0.4, 0.5) is 9.52 Å². The molecule has 1 amide bonds. The molecule has 0 atom stereocenters. The zero-order valence-corrected chi connectivity index (χ0v) is 17.1. The number of halogens is 1. The Morgan fingerprint density at radius 2 is 2.31 bits per heavy atom. The van der Waals surface area contributed by atoms with Crippen LogP contribution in [0, 0.1) is 11.7 Å². The van der Waals surface area contributed by atoms with Gasteiger partial charge in [-0.15, -0.1) is 0 Å². The smallest absolute Gasteiger partial charge is 0.270 e. The minimum Gasteiger partial charge on any atom is -0.381 e. The fraction of sp³-hybridized carbons (Fsp3) is 0.429. The van der Waals surface area contributed by atoms with E-state index in [2.05, 4.69) is 10.3 Å². The third-order valence-corrected chi connectivity index (χ3v) is 6.75. The largest absolute Gasteiger partial charge is 0.381 e. The summed E-state index contributed by atoms with van der Waals surface area (Å²) in [5.41, 5.74) is 3.04. The highest BCUT2D eigenvalue weighted by atomic mass is 32.1. The lowest BCUT2D eigenvalue weighted by molar-refractivity contribution is -0.0248. The molecule has 2 aromatic heterocycles. The third-order valence-electron chi connectivity index (χ3n) is 5.71. The van der Waals surface area contributed by atoms with E-state index in [9.17, 15) is 9.18 Å². The Morgan fingerprint density at radius 3 is 3.07 bits per heavy atom. The van der Waals surface area contributed by atoms with E-state index in [0.29, 0.717) is 36.7 Å². The molecule has 2 aliphatic rings. The van der Waals surface area contributed by atoms with Crippen molar-refractivity contribution in [2.75, 3.05) is 31.6 Å². The fourth-order valence-corrected chi connectivity index (χ4v) is 4.99. The zero-order chi connectivity index (χ0) is 20.0. The molecule has 2 N–H and O–H groups in total. The molecule has 0 saturated carbocycles. The van der Waals surface area contributed by atoms with Crippen LogP contribution >= 0.6 is 11.3 Å². The molecular formula is C21H23FN4O2S. The summed E-state index contributed by atoms with van der Waals surface area (Å²) in [5, 5.41) is 5.11. The van der Waals surface area contributed by atoms with Crippen LogP contribution in [0.3, 0.4) is 0 Å². The van der Waals surface area contributed by atoms with Gasteiger partial charge in [0.15, 0.2) is 5.13 Å². The maximum atomic E-state index is 14.1. The number of hydrogen-bond donors (Lipinski definition) is 2. The Hall–Kier alpha value is -2.45. The molecule has 0 unspecified atom stereocenters. The monoisotopic (exact) mass is 414 g/mol. The summed E-state index contributed by atoms with van der Waals surface area (Å²) in [6.07, 6.45) is 1.34. The summed E-state index contributed by atoms with van der Waals surface area (Å²) in [7, 11) is 0. The number of aryl methyl sites for hydroxylation is 1. The van der Waals surface area contributed by atoms with Gasteiger partial charge in [0.05, 0.1) is 25.5 Å². The highest BCUT2D eigenvalue weighted by Crippen LogP contribution is 2.30. The first-order valence-corrected chi connectivity index (χ1v) is 10.8. The Labute approximate surface area is 172 Å². The van der Waals surface area contributed by atoms with Gasteiger partial charge in [0, 0.05) is 41.2 Å². The number of amides is 1. The van der Waals surface area contributed by atoms with E-state index in [1.165, 1.54) is 6.07 Å². The number of nitrogens with one attached hydrogen (secondary N) is 2. The maximum Gasteiger partial charge on any atom is 0.270 e. The second kappa shape index (κ2) is 7.42. The topological polar surface area (TPSA) is 70.2 Å². The summed E-state index contributed by atoms with van der Waals surface area (Å²) in [4.78, 5) is 23.9. The number of ether oxygens (including phenoxy) is 1. The highest BCUT2D eigenvalue weighted by Gasteiger charge is 2.27. The molecule has 5 rings (SSSR count). The van der Waals surface area contributed by atoms with E-state index >= 15 is 0 Å². The number of carbonyl (C=O) groups excluding carboxylic acids is 1. The number of aromatic nitrogens is 2. The van der Waals surface area contributed by atoms with Crippen molar-refractivity contribution in [2.45, 2.75) is 26.3 Å². The van der Waals surface area contributed by atoms with Gasteiger partial charge < -0.3 is 19.9 Å². The van der Waals surface area contributed by atoms with Crippen molar-refractivity contribution in [1.82, 2.24) is 14.9 Å². The van der Waals surface area contributed by atoms with Gasteiger partial charge in [0.2, 0.25) is 0 Å². The Bertz CT molecular complexity index is 1070. The van der Waals surface area contributed by atoms with Gasteiger partial charge in [-0.05, 0) is 30.2 Å². The molecule has 8 heteroatoms. The minimum absolute atomic E-state index is 0.0520. The molecule has 0 bridgehead atoms. The average molecular weight is 415 g/mol. The molecule has 0 aliphatic carbocycles. The van der Waals surface area contributed by atoms with E-state index in [0.717, 1.165) is 52.8 Å². The molecule has 0 spiro atoms. The summed E-state index contributed by atoms with van der Waals surface area (Å²) in [5.74, 6) is 0.288. The van der Waals surface area contributed by atoms with Crippen molar-refractivity contribution in [3.63, 3.8) is 0 Å². The molecule has 1 aromatic carbocycles. The van der Waals surface area contributed by atoms with Gasteiger partial charge in [-0.2, -0.15) is 0 Å². The standard InChI is InChI=1S/C21H23FN4O2S/c1-2-13-14-7-18(24-16(14)4-3-15(13)22)20(27)26-6-5-17-19(9-26)29-21(25-17)23-8-12-10-28-11-12/h3-4,7,12,24H,2,5-6,8-11H2,1H3,(H,23,25). The number of benzene rings is 1. The predicted octanol–water partition coefficient (Wildman–Crippen LogP) is 3.58. The summed E-state index contributed by atoms with van der Waals surface area (Å²) < 4.78 is 19.3. The Kier molecular flexibility index (Phi) is 4.75. The molecule has 3 aromatic rings.